The molecule has 1 atom stereocenters. The van der Waals surface area contributed by atoms with Gasteiger partial charge in [0.25, 0.3) is 0 Å². The van der Waals surface area contributed by atoms with Crippen LogP contribution in [0.1, 0.15) is 22.7 Å². The third-order valence-electron chi connectivity index (χ3n) is 4.02. The normalized spacial score (nSPS) is 17.0. The number of thiocarbonyl (C=S) groups is 1. The van der Waals surface area contributed by atoms with Crippen LogP contribution in [0, 0.1) is 6.92 Å². The van der Waals surface area contributed by atoms with E-state index in [4.69, 9.17) is 12.2 Å². The van der Waals surface area contributed by atoms with Crippen LogP contribution in [0.3, 0.4) is 0 Å². The van der Waals surface area contributed by atoms with Gasteiger partial charge < -0.3 is 15.5 Å². The summed E-state index contributed by atoms with van der Waals surface area (Å²) in [6.07, 6.45) is 0. The average molecular weight is 325 g/mol. The van der Waals surface area contributed by atoms with Gasteiger partial charge in [-0.25, -0.2) is 0 Å². The third kappa shape index (κ3) is 3.05. The lowest BCUT2D eigenvalue weighted by atomic mass is 9.95. The zero-order valence-electron chi connectivity index (χ0n) is 13.2. The molecule has 23 heavy (non-hydrogen) atoms. The van der Waals surface area contributed by atoms with Crippen LogP contribution < -0.4 is 10.6 Å². The quantitative estimate of drug-likeness (QED) is 0.792. The van der Waals surface area contributed by atoms with Gasteiger partial charge in [0, 0.05) is 18.3 Å². The molecular formula is C18H19N3OS. The summed E-state index contributed by atoms with van der Waals surface area (Å²) in [5, 5.41) is 6.53. The second-order valence-electron chi connectivity index (χ2n) is 5.63. The SMILES string of the molecule is CNC(=S)N1CC(=O)Nc2ccccc2C1c1ccc(C)cc1. The summed E-state index contributed by atoms with van der Waals surface area (Å²) in [6.45, 7) is 2.28. The molecule has 0 aromatic heterocycles. The number of hydrogen-bond acceptors (Lipinski definition) is 2. The number of carbonyl (C=O) groups excluding carboxylic acids is 1. The fraction of sp³-hybridized carbons (Fsp3) is 0.222. The smallest absolute Gasteiger partial charge is 0.244 e. The zero-order valence-corrected chi connectivity index (χ0v) is 14.0. The first kappa shape index (κ1) is 15.5. The Balaban J connectivity index is 2.17. The standard InChI is InChI=1S/C18H19N3OS/c1-12-7-9-13(10-8-12)17-14-5-3-4-6-15(14)20-16(22)11-21(17)18(23)19-2/h3-10,17H,11H2,1-2H3,(H,19,23)(H,20,22). The molecule has 0 bridgehead atoms. The number of para-hydroxylation sites is 1. The minimum absolute atomic E-state index is 0.0651. The molecule has 0 saturated carbocycles. The molecule has 1 aliphatic heterocycles. The van der Waals surface area contributed by atoms with E-state index < -0.39 is 0 Å². The van der Waals surface area contributed by atoms with E-state index in [1.165, 1.54) is 5.56 Å². The van der Waals surface area contributed by atoms with Crippen molar-refractivity contribution in [2.75, 3.05) is 18.9 Å². The lowest BCUT2D eigenvalue weighted by Gasteiger charge is -2.32. The van der Waals surface area contributed by atoms with Crippen LogP contribution >= 0.6 is 12.2 Å². The third-order valence-corrected chi connectivity index (χ3v) is 4.46. The van der Waals surface area contributed by atoms with Gasteiger partial charge >= 0.3 is 0 Å². The number of carbonyl (C=O) groups is 1. The van der Waals surface area contributed by atoms with Gasteiger partial charge in [-0.2, -0.15) is 0 Å². The van der Waals surface area contributed by atoms with Crippen molar-refractivity contribution in [3.63, 3.8) is 0 Å². The van der Waals surface area contributed by atoms with E-state index in [1.807, 2.05) is 29.2 Å². The first-order chi connectivity index (χ1) is 11.1. The molecule has 1 aliphatic rings. The van der Waals surface area contributed by atoms with Crippen LogP contribution in [0.15, 0.2) is 48.5 Å². The first-order valence-corrected chi connectivity index (χ1v) is 7.94. The predicted octanol–water partition coefficient (Wildman–Crippen LogP) is 2.84. The van der Waals surface area contributed by atoms with E-state index in [-0.39, 0.29) is 18.5 Å². The Morgan fingerprint density at radius 2 is 1.91 bits per heavy atom. The Bertz CT molecular complexity index is 742. The molecule has 0 aliphatic carbocycles. The van der Waals surface area contributed by atoms with Crippen molar-refractivity contribution in [3.8, 4) is 0 Å². The van der Waals surface area contributed by atoms with Gasteiger partial charge in [-0.15, -0.1) is 0 Å². The van der Waals surface area contributed by atoms with Crippen LogP contribution in [0.4, 0.5) is 5.69 Å². The van der Waals surface area contributed by atoms with Crippen molar-refractivity contribution in [1.82, 2.24) is 10.2 Å². The number of hydrogen-bond donors (Lipinski definition) is 2. The Morgan fingerprint density at radius 3 is 2.61 bits per heavy atom. The number of anilines is 1. The van der Waals surface area contributed by atoms with Crippen molar-refractivity contribution in [1.29, 1.82) is 0 Å². The number of aryl methyl sites for hydroxylation is 1. The van der Waals surface area contributed by atoms with Crippen molar-refractivity contribution in [3.05, 3.63) is 65.2 Å². The summed E-state index contributed by atoms with van der Waals surface area (Å²) in [5.41, 5.74) is 4.19. The molecule has 1 amide bonds. The number of nitrogens with zero attached hydrogens (tertiary/aromatic N) is 1. The van der Waals surface area contributed by atoms with Gasteiger partial charge in [-0.3, -0.25) is 4.79 Å². The monoisotopic (exact) mass is 325 g/mol. The molecule has 1 unspecified atom stereocenters. The number of amides is 1. The highest BCUT2D eigenvalue weighted by molar-refractivity contribution is 7.80. The largest absolute Gasteiger partial charge is 0.366 e. The van der Waals surface area contributed by atoms with E-state index >= 15 is 0 Å². The van der Waals surface area contributed by atoms with E-state index in [0.717, 1.165) is 16.8 Å². The van der Waals surface area contributed by atoms with Crippen LogP contribution in [-0.2, 0) is 4.79 Å². The molecule has 1 heterocycles. The maximum Gasteiger partial charge on any atom is 0.244 e. The molecule has 0 spiro atoms. The molecule has 118 valence electrons. The maximum atomic E-state index is 12.3. The number of fused-ring (bicyclic) bond motifs is 1. The number of nitrogens with one attached hydrogen (secondary N) is 2. The van der Waals surface area contributed by atoms with Gasteiger partial charge in [-0.1, -0.05) is 48.0 Å². The minimum Gasteiger partial charge on any atom is -0.366 e. The van der Waals surface area contributed by atoms with Crippen molar-refractivity contribution in [2.45, 2.75) is 13.0 Å². The molecular weight excluding hydrogens is 306 g/mol. The van der Waals surface area contributed by atoms with E-state index in [0.29, 0.717) is 5.11 Å². The fourth-order valence-electron chi connectivity index (χ4n) is 2.89. The Kier molecular flexibility index (Phi) is 4.30. The molecule has 5 heteroatoms. The van der Waals surface area contributed by atoms with E-state index in [9.17, 15) is 4.79 Å². The molecule has 0 fully saturated rings. The Labute approximate surface area is 141 Å². The summed E-state index contributed by atoms with van der Waals surface area (Å²) >= 11 is 5.46. The van der Waals surface area contributed by atoms with Crippen LogP contribution in [0.2, 0.25) is 0 Å². The minimum atomic E-state index is -0.106. The lowest BCUT2D eigenvalue weighted by Crippen LogP contribution is -2.43. The van der Waals surface area contributed by atoms with Crippen LogP contribution in [-0.4, -0.2) is 29.5 Å². The summed E-state index contributed by atoms with van der Waals surface area (Å²) in [6, 6.07) is 16.1. The predicted molar refractivity (Wildman–Crippen MR) is 96.5 cm³/mol. The highest BCUT2D eigenvalue weighted by atomic mass is 32.1. The fourth-order valence-corrected chi connectivity index (χ4v) is 3.06. The number of benzene rings is 2. The summed E-state index contributed by atoms with van der Waals surface area (Å²) in [5.74, 6) is -0.0651. The Hall–Kier alpha value is -2.40. The van der Waals surface area contributed by atoms with Gasteiger partial charge in [0.1, 0.15) is 6.54 Å². The van der Waals surface area contributed by atoms with Gasteiger partial charge in [0.15, 0.2) is 5.11 Å². The molecule has 2 aromatic rings. The van der Waals surface area contributed by atoms with Gasteiger partial charge in [-0.05, 0) is 30.8 Å². The first-order valence-electron chi connectivity index (χ1n) is 7.54. The van der Waals surface area contributed by atoms with Crippen molar-refractivity contribution >= 4 is 28.9 Å². The second kappa shape index (κ2) is 6.38. The molecule has 0 saturated heterocycles. The number of rotatable bonds is 1. The van der Waals surface area contributed by atoms with Gasteiger partial charge in [0.2, 0.25) is 5.91 Å². The van der Waals surface area contributed by atoms with Crippen LogP contribution in [0.5, 0.6) is 0 Å². The summed E-state index contributed by atoms with van der Waals surface area (Å²) in [4.78, 5) is 14.2. The molecule has 2 N–H and O–H groups in total. The average Bonchev–Trinajstić information content (AvgIpc) is 2.71. The van der Waals surface area contributed by atoms with Crippen molar-refractivity contribution < 1.29 is 4.79 Å². The van der Waals surface area contributed by atoms with Crippen molar-refractivity contribution in [2.24, 2.45) is 0 Å². The van der Waals surface area contributed by atoms with Crippen LogP contribution in [0.25, 0.3) is 0 Å². The molecule has 0 radical (unpaired) electrons. The van der Waals surface area contributed by atoms with Gasteiger partial charge in [0.05, 0.1) is 6.04 Å². The zero-order chi connectivity index (χ0) is 16.4. The molecule has 3 rings (SSSR count). The van der Waals surface area contributed by atoms with E-state index in [2.05, 4.69) is 41.8 Å². The highest BCUT2D eigenvalue weighted by Gasteiger charge is 2.31. The highest BCUT2D eigenvalue weighted by Crippen LogP contribution is 2.35. The topological polar surface area (TPSA) is 44.4 Å². The molecule has 4 nitrogen and oxygen atoms in total. The summed E-state index contributed by atoms with van der Waals surface area (Å²) in [7, 11) is 1.78. The summed E-state index contributed by atoms with van der Waals surface area (Å²) < 4.78 is 0. The Morgan fingerprint density at radius 1 is 1.22 bits per heavy atom. The molecule has 2 aromatic carbocycles. The maximum absolute atomic E-state index is 12.3. The van der Waals surface area contributed by atoms with E-state index in [1.54, 1.807) is 7.05 Å². The lowest BCUT2D eigenvalue weighted by molar-refractivity contribution is -0.116. The second-order valence-corrected chi connectivity index (χ2v) is 6.02.